The van der Waals surface area contributed by atoms with Crippen molar-refractivity contribution in [1.29, 1.82) is 0 Å². The van der Waals surface area contributed by atoms with Gasteiger partial charge in [-0.15, -0.1) is 0 Å². The van der Waals surface area contributed by atoms with Gasteiger partial charge in [0, 0.05) is 12.6 Å². The van der Waals surface area contributed by atoms with Gasteiger partial charge in [0.25, 0.3) is 0 Å². The maximum absolute atomic E-state index is 5.58. The van der Waals surface area contributed by atoms with Crippen molar-refractivity contribution in [3.63, 3.8) is 0 Å². The van der Waals surface area contributed by atoms with Crippen LogP contribution in [0.2, 0.25) is 0 Å². The average Bonchev–Trinajstić information content (AvgIpc) is 2.09. The molecule has 0 saturated carbocycles. The number of nitrogens with one attached hydrogen (secondary N) is 1. The maximum Gasteiger partial charge on any atom is 0.0438 e. The van der Waals surface area contributed by atoms with Crippen LogP contribution in [0.4, 0.5) is 0 Å². The number of allylic oxidation sites excluding steroid dienone is 2. The topological polar surface area (TPSA) is 38.0 Å². The van der Waals surface area contributed by atoms with Gasteiger partial charge in [0.15, 0.2) is 0 Å². The van der Waals surface area contributed by atoms with E-state index in [4.69, 9.17) is 5.73 Å². The number of hydrogen-bond acceptors (Lipinski definition) is 2. The molecule has 0 amide bonds. The molecule has 62 valence electrons. The van der Waals surface area contributed by atoms with Crippen LogP contribution in [0.15, 0.2) is 23.8 Å². The summed E-state index contributed by atoms with van der Waals surface area (Å²) in [4.78, 5) is 0. The summed E-state index contributed by atoms with van der Waals surface area (Å²) in [5, 5.41) is 3.18. The van der Waals surface area contributed by atoms with Crippen LogP contribution in [0.3, 0.4) is 0 Å². The molecular weight excluding hydrogens is 136 g/mol. The van der Waals surface area contributed by atoms with Crippen LogP contribution < -0.4 is 11.1 Å². The Kier molecular flexibility index (Phi) is 3.33. The van der Waals surface area contributed by atoms with E-state index >= 15 is 0 Å². The lowest BCUT2D eigenvalue weighted by Crippen LogP contribution is -2.34. The minimum Gasteiger partial charge on any atom is -0.329 e. The molecule has 1 unspecified atom stereocenters. The molecule has 0 aromatic heterocycles. The highest BCUT2D eigenvalue weighted by Gasteiger charge is 2.07. The third-order valence-electron chi connectivity index (χ3n) is 2.01. The minimum atomic E-state index is 0.339. The van der Waals surface area contributed by atoms with Crippen LogP contribution in [0.1, 0.15) is 12.8 Å². The highest BCUT2D eigenvalue weighted by Crippen LogP contribution is 2.12. The molecule has 0 radical (unpaired) electrons. The minimum absolute atomic E-state index is 0.339. The van der Waals surface area contributed by atoms with Crippen LogP contribution in [0.25, 0.3) is 0 Å². The smallest absolute Gasteiger partial charge is 0.0438 e. The van der Waals surface area contributed by atoms with E-state index in [-0.39, 0.29) is 0 Å². The second-order valence-corrected chi connectivity index (χ2v) is 2.76. The molecule has 1 atom stereocenters. The molecule has 1 aliphatic carbocycles. The Balaban J connectivity index is 2.56. The normalized spacial score (nSPS) is 19.6. The Morgan fingerprint density at radius 2 is 2.45 bits per heavy atom. The van der Waals surface area contributed by atoms with Crippen LogP contribution in [0.5, 0.6) is 0 Å². The van der Waals surface area contributed by atoms with E-state index in [1.807, 2.05) is 7.05 Å². The van der Waals surface area contributed by atoms with Crippen molar-refractivity contribution in [2.45, 2.75) is 18.9 Å². The summed E-state index contributed by atoms with van der Waals surface area (Å²) >= 11 is 0. The molecule has 0 heterocycles. The monoisotopic (exact) mass is 152 g/mol. The van der Waals surface area contributed by atoms with Gasteiger partial charge in [0.05, 0.1) is 0 Å². The van der Waals surface area contributed by atoms with E-state index in [2.05, 4.69) is 23.5 Å². The highest BCUT2D eigenvalue weighted by atomic mass is 14.9. The van der Waals surface area contributed by atoms with Gasteiger partial charge in [-0.05, 0) is 25.5 Å². The first-order valence-corrected chi connectivity index (χ1v) is 4.12. The summed E-state index contributed by atoms with van der Waals surface area (Å²) in [5.74, 6) is 0. The van der Waals surface area contributed by atoms with Crippen LogP contribution >= 0.6 is 0 Å². The van der Waals surface area contributed by atoms with Crippen molar-refractivity contribution in [2.75, 3.05) is 13.6 Å². The van der Waals surface area contributed by atoms with E-state index in [1.165, 1.54) is 12.0 Å². The van der Waals surface area contributed by atoms with E-state index in [0.29, 0.717) is 12.6 Å². The molecule has 11 heavy (non-hydrogen) atoms. The lowest BCUT2D eigenvalue weighted by Gasteiger charge is -2.17. The fourth-order valence-corrected chi connectivity index (χ4v) is 1.31. The third-order valence-corrected chi connectivity index (χ3v) is 2.01. The summed E-state index contributed by atoms with van der Waals surface area (Å²) in [6.45, 7) is 0.673. The predicted octanol–water partition coefficient (Wildman–Crippen LogP) is 0.809. The SMILES string of the molecule is CNC(CN)C1=CCCC=C1. The van der Waals surface area contributed by atoms with Crippen LogP contribution in [-0.2, 0) is 0 Å². The Labute approximate surface area is 68.2 Å². The van der Waals surface area contributed by atoms with Crippen molar-refractivity contribution in [2.24, 2.45) is 5.73 Å². The zero-order chi connectivity index (χ0) is 8.10. The average molecular weight is 152 g/mol. The molecule has 3 N–H and O–H groups in total. The van der Waals surface area contributed by atoms with E-state index in [1.54, 1.807) is 0 Å². The first-order valence-electron chi connectivity index (χ1n) is 4.12. The summed E-state index contributed by atoms with van der Waals surface area (Å²) in [6.07, 6.45) is 8.95. The van der Waals surface area contributed by atoms with Crippen LogP contribution in [-0.4, -0.2) is 19.6 Å². The largest absolute Gasteiger partial charge is 0.329 e. The quantitative estimate of drug-likeness (QED) is 0.628. The van der Waals surface area contributed by atoms with Gasteiger partial charge in [-0.25, -0.2) is 0 Å². The Hall–Kier alpha value is -0.600. The second-order valence-electron chi connectivity index (χ2n) is 2.76. The van der Waals surface area contributed by atoms with E-state index in [9.17, 15) is 0 Å². The molecule has 0 bridgehead atoms. The van der Waals surface area contributed by atoms with Gasteiger partial charge >= 0.3 is 0 Å². The molecule has 0 saturated heterocycles. The summed E-state index contributed by atoms with van der Waals surface area (Å²) < 4.78 is 0. The lowest BCUT2D eigenvalue weighted by molar-refractivity contribution is 0.650. The molecule has 1 aliphatic rings. The molecule has 0 fully saturated rings. The molecule has 0 aromatic rings. The zero-order valence-electron chi connectivity index (χ0n) is 7.01. The van der Waals surface area contributed by atoms with Gasteiger partial charge in [-0.2, -0.15) is 0 Å². The summed E-state index contributed by atoms with van der Waals surface area (Å²) in [7, 11) is 1.95. The van der Waals surface area contributed by atoms with Crippen molar-refractivity contribution < 1.29 is 0 Å². The molecule has 0 aliphatic heterocycles. The number of hydrogen-bond donors (Lipinski definition) is 2. The van der Waals surface area contributed by atoms with Crippen molar-refractivity contribution in [3.8, 4) is 0 Å². The highest BCUT2D eigenvalue weighted by molar-refractivity contribution is 5.27. The first kappa shape index (κ1) is 8.50. The van der Waals surface area contributed by atoms with Gasteiger partial charge in [-0.3, -0.25) is 0 Å². The Bertz CT molecular complexity index is 166. The molecular formula is C9H16N2. The van der Waals surface area contributed by atoms with E-state index < -0.39 is 0 Å². The fraction of sp³-hybridized carbons (Fsp3) is 0.556. The molecule has 0 spiro atoms. The summed E-state index contributed by atoms with van der Waals surface area (Å²) in [6, 6.07) is 0.339. The number of likely N-dealkylation sites (N-methyl/N-ethyl adjacent to an activating group) is 1. The van der Waals surface area contributed by atoms with E-state index in [0.717, 1.165) is 6.42 Å². The fourth-order valence-electron chi connectivity index (χ4n) is 1.31. The maximum atomic E-state index is 5.58. The first-order chi connectivity index (χ1) is 5.38. The predicted molar refractivity (Wildman–Crippen MR) is 48.4 cm³/mol. The van der Waals surface area contributed by atoms with Gasteiger partial charge in [0.2, 0.25) is 0 Å². The molecule has 0 aromatic carbocycles. The third kappa shape index (κ3) is 2.17. The Morgan fingerprint density at radius 3 is 2.91 bits per heavy atom. The zero-order valence-corrected chi connectivity index (χ0v) is 7.01. The second kappa shape index (κ2) is 4.31. The van der Waals surface area contributed by atoms with Gasteiger partial charge < -0.3 is 11.1 Å². The van der Waals surface area contributed by atoms with Gasteiger partial charge in [-0.1, -0.05) is 18.2 Å². The van der Waals surface area contributed by atoms with Crippen molar-refractivity contribution in [1.82, 2.24) is 5.32 Å². The van der Waals surface area contributed by atoms with Crippen LogP contribution in [0, 0.1) is 0 Å². The number of rotatable bonds is 3. The molecule has 2 nitrogen and oxygen atoms in total. The molecule has 1 rings (SSSR count). The lowest BCUT2D eigenvalue weighted by atomic mass is 10.0. The summed E-state index contributed by atoms with van der Waals surface area (Å²) in [5.41, 5.74) is 6.91. The van der Waals surface area contributed by atoms with Crippen molar-refractivity contribution in [3.05, 3.63) is 23.8 Å². The van der Waals surface area contributed by atoms with Crippen molar-refractivity contribution >= 4 is 0 Å². The molecule has 2 heteroatoms. The van der Waals surface area contributed by atoms with Gasteiger partial charge in [0.1, 0.15) is 0 Å². The Morgan fingerprint density at radius 1 is 1.64 bits per heavy atom. The number of nitrogens with two attached hydrogens (primary N) is 1. The standard InChI is InChI=1S/C9H16N2/c1-11-9(7-10)8-5-3-2-4-6-8/h3,5-6,9,11H,2,4,7,10H2,1H3.